The third kappa shape index (κ3) is 2.93. The lowest BCUT2D eigenvalue weighted by molar-refractivity contribution is 0.282. The van der Waals surface area contributed by atoms with Crippen LogP contribution in [0.25, 0.3) is 0 Å². The van der Waals surface area contributed by atoms with Crippen LogP contribution in [0.15, 0.2) is 9.85 Å². The summed E-state index contributed by atoms with van der Waals surface area (Å²) < 4.78 is 1.30. The molecule has 0 saturated heterocycles. The van der Waals surface area contributed by atoms with Crippen molar-refractivity contribution in [3.05, 3.63) is 20.3 Å². The largest absolute Gasteiger partial charge is 0.310 e. The van der Waals surface area contributed by atoms with E-state index in [1.807, 2.05) is 11.3 Å². The van der Waals surface area contributed by atoms with Crippen LogP contribution in [-0.2, 0) is 0 Å². The second-order valence-corrected chi connectivity index (χ2v) is 8.79. The molecule has 1 aromatic heterocycles. The number of fused-ring (bicyclic) bond motifs is 2. The standard InChI is InChI=1S/C16H24BrNS/c1-3-18-14(15-6-10(2)16(17)19-15)9-13-8-11-4-5-12(13)7-11/h6,11-14,18H,3-5,7-9H2,1-2H3. The van der Waals surface area contributed by atoms with Crippen molar-refractivity contribution in [2.45, 2.75) is 52.0 Å². The summed E-state index contributed by atoms with van der Waals surface area (Å²) in [5.74, 6) is 3.08. The van der Waals surface area contributed by atoms with Gasteiger partial charge >= 0.3 is 0 Å². The maximum absolute atomic E-state index is 3.72. The fourth-order valence-electron chi connectivity index (χ4n) is 4.17. The average molecular weight is 342 g/mol. The van der Waals surface area contributed by atoms with E-state index in [2.05, 4.69) is 41.2 Å². The zero-order chi connectivity index (χ0) is 13.4. The molecule has 4 unspecified atom stereocenters. The van der Waals surface area contributed by atoms with Crippen LogP contribution >= 0.6 is 27.3 Å². The lowest BCUT2D eigenvalue weighted by Gasteiger charge is -2.26. The van der Waals surface area contributed by atoms with Gasteiger partial charge in [0.1, 0.15) is 0 Å². The van der Waals surface area contributed by atoms with Crippen LogP contribution in [0.4, 0.5) is 0 Å². The van der Waals surface area contributed by atoms with Crippen molar-refractivity contribution in [2.24, 2.45) is 17.8 Å². The summed E-state index contributed by atoms with van der Waals surface area (Å²) in [5.41, 5.74) is 1.39. The van der Waals surface area contributed by atoms with Crippen molar-refractivity contribution in [3.63, 3.8) is 0 Å². The van der Waals surface area contributed by atoms with Gasteiger partial charge in [-0.2, -0.15) is 0 Å². The molecule has 1 aromatic rings. The van der Waals surface area contributed by atoms with Gasteiger partial charge in [0.05, 0.1) is 3.79 Å². The van der Waals surface area contributed by atoms with E-state index in [0.29, 0.717) is 6.04 Å². The molecule has 0 radical (unpaired) electrons. The molecule has 0 aliphatic heterocycles. The summed E-state index contributed by atoms with van der Waals surface area (Å²) in [4.78, 5) is 1.52. The monoisotopic (exact) mass is 341 g/mol. The van der Waals surface area contributed by atoms with E-state index in [-0.39, 0.29) is 0 Å². The molecule has 2 aliphatic rings. The summed E-state index contributed by atoms with van der Waals surface area (Å²) >= 11 is 5.59. The van der Waals surface area contributed by atoms with Crippen LogP contribution in [0.2, 0.25) is 0 Å². The smallest absolute Gasteiger partial charge is 0.0731 e. The molecule has 0 aromatic carbocycles. The summed E-state index contributed by atoms with van der Waals surface area (Å²) in [5, 5.41) is 3.72. The van der Waals surface area contributed by atoms with Gasteiger partial charge in [-0.3, -0.25) is 0 Å². The first-order valence-corrected chi connectivity index (χ1v) is 9.27. The predicted octanol–water partition coefficient (Wildman–Crippen LogP) is 5.30. The zero-order valence-electron chi connectivity index (χ0n) is 11.9. The molecule has 1 nitrogen and oxygen atoms in total. The predicted molar refractivity (Wildman–Crippen MR) is 86.7 cm³/mol. The lowest BCUT2D eigenvalue weighted by atomic mass is 9.84. The van der Waals surface area contributed by atoms with Gasteiger partial charge in [0, 0.05) is 10.9 Å². The zero-order valence-corrected chi connectivity index (χ0v) is 14.3. The Labute approximate surface area is 129 Å². The van der Waals surface area contributed by atoms with Crippen LogP contribution < -0.4 is 5.32 Å². The second kappa shape index (κ2) is 5.87. The summed E-state index contributed by atoms with van der Waals surface area (Å²) in [6.07, 6.45) is 7.38. The molecule has 2 saturated carbocycles. The van der Waals surface area contributed by atoms with Gasteiger partial charge in [-0.15, -0.1) is 11.3 Å². The molecule has 2 fully saturated rings. The Morgan fingerprint density at radius 2 is 2.26 bits per heavy atom. The first-order valence-electron chi connectivity index (χ1n) is 7.66. The van der Waals surface area contributed by atoms with Gasteiger partial charge in [-0.05, 0) is 84.5 Å². The van der Waals surface area contributed by atoms with Crippen molar-refractivity contribution in [2.75, 3.05) is 6.54 Å². The van der Waals surface area contributed by atoms with Gasteiger partial charge in [0.2, 0.25) is 0 Å². The van der Waals surface area contributed by atoms with Crippen LogP contribution in [0.1, 0.15) is 55.5 Å². The Balaban J connectivity index is 1.70. The Morgan fingerprint density at radius 3 is 2.79 bits per heavy atom. The van der Waals surface area contributed by atoms with E-state index in [1.165, 1.54) is 46.3 Å². The SMILES string of the molecule is CCNC(CC1CC2CCC1C2)c1cc(C)c(Br)s1. The molecule has 3 rings (SSSR count). The molecule has 1 heterocycles. The molecular weight excluding hydrogens is 318 g/mol. The van der Waals surface area contributed by atoms with Crippen molar-refractivity contribution in [1.29, 1.82) is 0 Å². The van der Waals surface area contributed by atoms with Crippen molar-refractivity contribution >= 4 is 27.3 Å². The van der Waals surface area contributed by atoms with Crippen LogP contribution in [0, 0.1) is 24.7 Å². The Bertz CT molecular complexity index is 422. The summed E-state index contributed by atoms with van der Waals surface area (Å²) in [6, 6.07) is 2.94. The van der Waals surface area contributed by atoms with Gasteiger partial charge in [0.15, 0.2) is 0 Å². The number of hydrogen-bond acceptors (Lipinski definition) is 2. The van der Waals surface area contributed by atoms with E-state index in [4.69, 9.17) is 0 Å². The normalized spacial score (nSPS) is 31.0. The number of hydrogen-bond donors (Lipinski definition) is 1. The van der Waals surface area contributed by atoms with Crippen molar-refractivity contribution < 1.29 is 0 Å². The highest BCUT2D eigenvalue weighted by molar-refractivity contribution is 9.11. The fourth-order valence-corrected chi connectivity index (χ4v) is 5.83. The fraction of sp³-hybridized carbons (Fsp3) is 0.750. The third-order valence-electron chi connectivity index (χ3n) is 5.09. The number of nitrogens with one attached hydrogen (secondary N) is 1. The van der Waals surface area contributed by atoms with E-state index >= 15 is 0 Å². The Kier molecular flexibility index (Phi) is 4.35. The molecule has 19 heavy (non-hydrogen) atoms. The number of thiophene rings is 1. The number of halogens is 1. The molecule has 4 atom stereocenters. The quantitative estimate of drug-likeness (QED) is 0.766. The molecule has 2 bridgehead atoms. The minimum atomic E-state index is 0.573. The summed E-state index contributed by atoms with van der Waals surface area (Å²) in [6.45, 7) is 5.49. The highest BCUT2D eigenvalue weighted by atomic mass is 79.9. The highest BCUT2D eigenvalue weighted by Gasteiger charge is 2.40. The van der Waals surface area contributed by atoms with E-state index in [1.54, 1.807) is 0 Å². The van der Waals surface area contributed by atoms with E-state index < -0.39 is 0 Å². The minimum absolute atomic E-state index is 0.573. The highest BCUT2D eigenvalue weighted by Crippen LogP contribution is 2.51. The molecule has 0 amide bonds. The topological polar surface area (TPSA) is 12.0 Å². The first kappa shape index (κ1) is 14.1. The maximum atomic E-state index is 3.72. The molecule has 1 N–H and O–H groups in total. The van der Waals surface area contributed by atoms with Crippen LogP contribution in [0.3, 0.4) is 0 Å². The number of aryl methyl sites for hydroxylation is 1. The molecular formula is C16H24BrNS. The molecule has 106 valence electrons. The molecule has 2 aliphatic carbocycles. The maximum Gasteiger partial charge on any atom is 0.0731 e. The summed E-state index contributed by atoms with van der Waals surface area (Å²) in [7, 11) is 0. The Hall–Kier alpha value is 0.140. The van der Waals surface area contributed by atoms with E-state index in [9.17, 15) is 0 Å². The first-order chi connectivity index (χ1) is 9.17. The lowest BCUT2D eigenvalue weighted by Crippen LogP contribution is -2.24. The van der Waals surface area contributed by atoms with E-state index in [0.717, 1.165) is 24.3 Å². The van der Waals surface area contributed by atoms with Gasteiger partial charge in [0.25, 0.3) is 0 Å². The number of rotatable bonds is 5. The van der Waals surface area contributed by atoms with Gasteiger partial charge < -0.3 is 5.32 Å². The van der Waals surface area contributed by atoms with Crippen LogP contribution in [-0.4, -0.2) is 6.54 Å². The Morgan fingerprint density at radius 1 is 1.42 bits per heavy atom. The van der Waals surface area contributed by atoms with Crippen LogP contribution in [0.5, 0.6) is 0 Å². The van der Waals surface area contributed by atoms with Gasteiger partial charge in [-0.1, -0.05) is 13.3 Å². The third-order valence-corrected chi connectivity index (χ3v) is 7.34. The minimum Gasteiger partial charge on any atom is -0.310 e. The van der Waals surface area contributed by atoms with Gasteiger partial charge in [-0.25, -0.2) is 0 Å². The molecule has 0 spiro atoms. The van der Waals surface area contributed by atoms with Crippen molar-refractivity contribution in [3.8, 4) is 0 Å². The second-order valence-electron chi connectivity index (χ2n) is 6.39. The average Bonchev–Trinajstić information content (AvgIpc) is 3.06. The molecule has 3 heteroatoms. The van der Waals surface area contributed by atoms with Crippen molar-refractivity contribution in [1.82, 2.24) is 5.32 Å².